The minimum Gasteiger partial charge on any atom is -0.398 e. The molecule has 0 saturated carbocycles. The Hall–Kier alpha value is -0.780. The third kappa shape index (κ3) is 2.95. The van der Waals surface area contributed by atoms with E-state index in [1.54, 1.807) is 4.31 Å². The van der Waals surface area contributed by atoms with Gasteiger partial charge in [0.2, 0.25) is 10.0 Å². The van der Waals surface area contributed by atoms with Gasteiger partial charge in [-0.05, 0) is 36.0 Å². The number of halogens is 1. The SMILES string of the molecule is CC(C)(C)C1CCN(S(=O)(=O)c2ccc(N)c(Cl)c2)C1. The van der Waals surface area contributed by atoms with Crippen molar-refractivity contribution < 1.29 is 8.42 Å². The summed E-state index contributed by atoms with van der Waals surface area (Å²) >= 11 is 5.92. The zero-order valence-electron chi connectivity index (χ0n) is 12.1. The first-order valence-electron chi connectivity index (χ1n) is 6.67. The second-order valence-electron chi connectivity index (χ2n) is 6.40. The molecule has 0 aliphatic carbocycles. The van der Waals surface area contributed by atoms with Crippen molar-refractivity contribution >= 4 is 27.3 Å². The molecule has 1 heterocycles. The fourth-order valence-electron chi connectivity index (χ4n) is 2.47. The lowest BCUT2D eigenvalue weighted by Crippen LogP contribution is -2.31. The minimum absolute atomic E-state index is 0.114. The number of nitrogens with zero attached hydrogens (tertiary/aromatic N) is 1. The molecule has 2 rings (SSSR count). The van der Waals surface area contributed by atoms with E-state index in [0.717, 1.165) is 6.42 Å². The number of rotatable bonds is 2. The largest absolute Gasteiger partial charge is 0.398 e. The molecule has 112 valence electrons. The molecule has 0 amide bonds. The predicted molar refractivity (Wildman–Crippen MR) is 82.2 cm³/mol. The highest BCUT2D eigenvalue weighted by atomic mass is 35.5. The summed E-state index contributed by atoms with van der Waals surface area (Å²) in [6.07, 6.45) is 0.894. The third-order valence-corrected chi connectivity index (χ3v) is 6.17. The van der Waals surface area contributed by atoms with Crippen molar-refractivity contribution in [2.45, 2.75) is 32.1 Å². The fourth-order valence-corrected chi connectivity index (χ4v) is 4.24. The van der Waals surface area contributed by atoms with Crippen LogP contribution >= 0.6 is 11.6 Å². The molecule has 2 N–H and O–H groups in total. The Kier molecular flexibility index (Phi) is 4.06. The topological polar surface area (TPSA) is 63.4 Å². The molecule has 1 fully saturated rings. The molecule has 20 heavy (non-hydrogen) atoms. The van der Waals surface area contributed by atoms with Gasteiger partial charge in [-0.25, -0.2) is 8.42 Å². The Morgan fingerprint density at radius 3 is 2.50 bits per heavy atom. The van der Waals surface area contributed by atoms with E-state index in [4.69, 9.17) is 17.3 Å². The molecule has 0 bridgehead atoms. The van der Waals surface area contributed by atoms with Gasteiger partial charge in [-0.3, -0.25) is 0 Å². The maximum absolute atomic E-state index is 12.6. The summed E-state index contributed by atoms with van der Waals surface area (Å²) in [7, 11) is -3.48. The maximum Gasteiger partial charge on any atom is 0.243 e. The van der Waals surface area contributed by atoms with E-state index in [1.165, 1.54) is 18.2 Å². The molecule has 1 atom stereocenters. The van der Waals surface area contributed by atoms with Crippen LogP contribution in [0.25, 0.3) is 0 Å². The summed E-state index contributed by atoms with van der Waals surface area (Å²) in [5.74, 6) is 0.376. The Morgan fingerprint density at radius 2 is 2.00 bits per heavy atom. The second-order valence-corrected chi connectivity index (χ2v) is 8.74. The van der Waals surface area contributed by atoms with Crippen molar-refractivity contribution in [2.75, 3.05) is 18.8 Å². The van der Waals surface area contributed by atoms with Gasteiger partial charge in [0.05, 0.1) is 15.6 Å². The van der Waals surface area contributed by atoms with Crippen LogP contribution in [0.2, 0.25) is 5.02 Å². The average molecular weight is 317 g/mol. The van der Waals surface area contributed by atoms with E-state index in [0.29, 0.717) is 24.7 Å². The number of benzene rings is 1. The Morgan fingerprint density at radius 1 is 1.35 bits per heavy atom. The quantitative estimate of drug-likeness (QED) is 0.853. The number of nitrogen functional groups attached to an aromatic ring is 1. The van der Waals surface area contributed by atoms with E-state index in [-0.39, 0.29) is 15.3 Å². The van der Waals surface area contributed by atoms with Gasteiger partial charge in [0.25, 0.3) is 0 Å². The molecule has 0 aromatic heterocycles. The van der Waals surface area contributed by atoms with Crippen LogP contribution < -0.4 is 5.73 Å². The van der Waals surface area contributed by atoms with Gasteiger partial charge in [0, 0.05) is 13.1 Å². The highest BCUT2D eigenvalue weighted by Crippen LogP contribution is 2.36. The van der Waals surface area contributed by atoms with Crippen LogP contribution in [0, 0.1) is 11.3 Å². The first kappa shape index (κ1) is 15.6. The molecule has 0 radical (unpaired) electrons. The minimum atomic E-state index is -3.48. The smallest absolute Gasteiger partial charge is 0.243 e. The van der Waals surface area contributed by atoms with Crippen LogP contribution in [0.15, 0.2) is 23.1 Å². The van der Waals surface area contributed by atoms with E-state index in [1.807, 2.05) is 0 Å². The molecule has 6 heteroatoms. The summed E-state index contributed by atoms with van der Waals surface area (Å²) < 4.78 is 26.7. The van der Waals surface area contributed by atoms with Crippen molar-refractivity contribution in [1.29, 1.82) is 0 Å². The number of nitrogens with two attached hydrogens (primary N) is 1. The average Bonchev–Trinajstić information content (AvgIpc) is 2.82. The first-order chi connectivity index (χ1) is 9.12. The molecular weight excluding hydrogens is 296 g/mol. The monoisotopic (exact) mass is 316 g/mol. The molecule has 1 aromatic carbocycles. The van der Waals surface area contributed by atoms with Gasteiger partial charge >= 0.3 is 0 Å². The highest BCUT2D eigenvalue weighted by molar-refractivity contribution is 7.89. The molecule has 1 aromatic rings. The van der Waals surface area contributed by atoms with Gasteiger partial charge in [0.15, 0.2) is 0 Å². The van der Waals surface area contributed by atoms with Crippen molar-refractivity contribution in [3.8, 4) is 0 Å². The van der Waals surface area contributed by atoms with Crippen molar-refractivity contribution in [3.05, 3.63) is 23.2 Å². The molecular formula is C14H21ClN2O2S. The lowest BCUT2D eigenvalue weighted by molar-refractivity contribution is 0.252. The summed E-state index contributed by atoms with van der Waals surface area (Å²) in [4.78, 5) is 0.214. The summed E-state index contributed by atoms with van der Waals surface area (Å²) in [6, 6.07) is 4.48. The molecule has 1 unspecified atom stereocenters. The Balaban J connectivity index is 2.26. The molecule has 4 nitrogen and oxygen atoms in total. The van der Waals surface area contributed by atoms with Crippen molar-refractivity contribution in [1.82, 2.24) is 4.31 Å². The summed E-state index contributed by atoms with van der Waals surface area (Å²) in [5.41, 5.74) is 6.13. The van der Waals surface area contributed by atoms with Gasteiger partial charge in [-0.1, -0.05) is 32.4 Å². The van der Waals surface area contributed by atoms with E-state index < -0.39 is 10.0 Å². The molecule has 1 saturated heterocycles. The van der Waals surface area contributed by atoms with Crippen LogP contribution in [-0.2, 0) is 10.0 Å². The number of hydrogen-bond donors (Lipinski definition) is 1. The van der Waals surface area contributed by atoms with Crippen LogP contribution in [-0.4, -0.2) is 25.8 Å². The van der Waals surface area contributed by atoms with Crippen LogP contribution in [0.5, 0.6) is 0 Å². The van der Waals surface area contributed by atoms with Crippen LogP contribution in [0.1, 0.15) is 27.2 Å². The van der Waals surface area contributed by atoms with Crippen molar-refractivity contribution in [2.24, 2.45) is 11.3 Å². The standard InChI is InChI=1S/C14H21ClN2O2S/c1-14(2,3)10-6-7-17(9-10)20(18,19)11-4-5-13(16)12(15)8-11/h4-5,8,10H,6-7,9,16H2,1-3H3. The van der Waals surface area contributed by atoms with Gasteiger partial charge in [-0.15, -0.1) is 0 Å². The molecule has 0 spiro atoms. The van der Waals surface area contributed by atoms with Gasteiger partial charge < -0.3 is 5.73 Å². The van der Waals surface area contributed by atoms with Crippen molar-refractivity contribution in [3.63, 3.8) is 0 Å². The molecule has 1 aliphatic heterocycles. The zero-order valence-corrected chi connectivity index (χ0v) is 13.6. The van der Waals surface area contributed by atoms with E-state index in [2.05, 4.69) is 20.8 Å². The zero-order chi connectivity index (χ0) is 15.1. The van der Waals surface area contributed by atoms with Crippen LogP contribution in [0.3, 0.4) is 0 Å². The number of sulfonamides is 1. The van der Waals surface area contributed by atoms with Gasteiger partial charge in [-0.2, -0.15) is 4.31 Å². The maximum atomic E-state index is 12.6. The number of hydrogen-bond acceptors (Lipinski definition) is 3. The second kappa shape index (κ2) is 5.20. The lowest BCUT2D eigenvalue weighted by atomic mass is 9.80. The molecule has 1 aliphatic rings. The lowest BCUT2D eigenvalue weighted by Gasteiger charge is -2.26. The normalized spacial score (nSPS) is 21.3. The fraction of sp³-hybridized carbons (Fsp3) is 0.571. The third-order valence-electron chi connectivity index (χ3n) is 3.99. The number of anilines is 1. The van der Waals surface area contributed by atoms with Crippen LogP contribution in [0.4, 0.5) is 5.69 Å². The highest BCUT2D eigenvalue weighted by Gasteiger charge is 2.37. The summed E-state index contributed by atoms with van der Waals surface area (Å²) in [6.45, 7) is 7.57. The first-order valence-corrected chi connectivity index (χ1v) is 8.49. The Bertz CT molecular complexity index is 608. The summed E-state index contributed by atoms with van der Waals surface area (Å²) in [5, 5.41) is 0.276. The van der Waals surface area contributed by atoms with E-state index in [9.17, 15) is 8.42 Å². The van der Waals surface area contributed by atoms with Gasteiger partial charge in [0.1, 0.15) is 0 Å². The predicted octanol–water partition coefficient (Wildman–Crippen LogP) is 2.98. The Labute approximate surface area is 126 Å². The van der Waals surface area contributed by atoms with E-state index >= 15 is 0 Å².